The van der Waals surface area contributed by atoms with Gasteiger partial charge < -0.3 is 19.7 Å². The molecule has 0 radical (unpaired) electrons. The third-order valence-corrected chi connectivity index (χ3v) is 4.33. The fraction of sp³-hybridized carbons (Fsp3) is 0.750. The van der Waals surface area contributed by atoms with Gasteiger partial charge in [-0.3, -0.25) is 19.2 Å². The van der Waals surface area contributed by atoms with Crippen LogP contribution in [-0.2, 0) is 14.3 Å². The molecule has 1 aromatic rings. The van der Waals surface area contributed by atoms with Gasteiger partial charge in [0.05, 0.1) is 19.8 Å². The van der Waals surface area contributed by atoms with E-state index in [0.717, 1.165) is 4.57 Å². The highest BCUT2D eigenvalue weighted by Crippen LogP contribution is 2.30. The third kappa shape index (κ3) is 4.58. The van der Waals surface area contributed by atoms with Gasteiger partial charge in [-0.15, -0.1) is 0 Å². The summed E-state index contributed by atoms with van der Waals surface area (Å²) < 4.78 is 12.4. The molecule has 1 aliphatic rings. The van der Waals surface area contributed by atoms with Gasteiger partial charge in [0.15, 0.2) is 6.23 Å². The lowest BCUT2D eigenvalue weighted by molar-refractivity contribution is -0.180. The second-order valence-corrected chi connectivity index (χ2v) is 6.53. The third-order valence-electron chi connectivity index (χ3n) is 4.33. The van der Waals surface area contributed by atoms with Crippen LogP contribution in [0.3, 0.4) is 0 Å². The van der Waals surface area contributed by atoms with Crippen LogP contribution in [0.1, 0.15) is 25.6 Å². The predicted molar refractivity (Wildman–Crippen MR) is 91.7 cm³/mol. The summed E-state index contributed by atoms with van der Waals surface area (Å²) in [6.07, 6.45) is -2.57. The number of aliphatic hydroxyl groups is 2. The van der Waals surface area contributed by atoms with Crippen LogP contribution in [0, 0.1) is 6.92 Å². The van der Waals surface area contributed by atoms with Crippen LogP contribution in [0.5, 0.6) is 0 Å². The normalized spacial score (nSPS) is 26.2. The minimum absolute atomic E-state index is 0.147. The van der Waals surface area contributed by atoms with Crippen LogP contribution in [-0.4, -0.2) is 76.0 Å². The van der Waals surface area contributed by atoms with Crippen LogP contribution in [0.2, 0.25) is 0 Å². The molecule has 0 amide bonds. The van der Waals surface area contributed by atoms with Crippen molar-refractivity contribution >= 4 is 0 Å². The Kier molecular flexibility index (Phi) is 7.09. The molecular formula is C16H27N3O7. The highest BCUT2D eigenvalue weighted by atomic mass is 16.7. The number of nitrogens with one attached hydrogen (secondary N) is 1. The van der Waals surface area contributed by atoms with Gasteiger partial charge in [0, 0.05) is 24.8 Å². The van der Waals surface area contributed by atoms with E-state index in [4.69, 9.17) is 14.3 Å². The van der Waals surface area contributed by atoms with Crippen molar-refractivity contribution < 1.29 is 24.5 Å². The molecule has 3 N–H and O–H groups in total. The molecule has 0 spiro atoms. The van der Waals surface area contributed by atoms with Gasteiger partial charge in [-0.2, -0.15) is 5.06 Å². The summed E-state index contributed by atoms with van der Waals surface area (Å²) >= 11 is 0. The zero-order valence-electron chi connectivity index (χ0n) is 15.4. The van der Waals surface area contributed by atoms with E-state index in [9.17, 15) is 19.8 Å². The Hall–Kier alpha value is -1.56. The van der Waals surface area contributed by atoms with Crippen molar-refractivity contribution in [1.82, 2.24) is 14.6 Å². The van der Waals surface area contributed by atoms with E-state index < -0.39 is 42.4 Å². The fourth-order valence-electron chi connectivity index (χ4n) is 2.56. The average molecular weight is 373 g/mol. The van der Waals surface area contributed by atoms with E-state index in [1.807, 2.05) is 13.8 Å². The number of aryl methyl sites for hydroxylation is 1. The first-order valence-corrected chi connectivity index (χ1v) is 8.50. The first kappa shape index (κ1) is 20.7. The second-order valence-electron chi connectivity index (χ2n) is 6.53. The number of nitrogens with zero attached hydrogens (tertiary/aromatic N) is 2. The number of aliphatic hydroxyl groups excluding tert-OH is 2. The summed E-state index contributed by atoms with van der Waals surface area (Å²) in [5.74, 6) is 0. The molecule has 1 aromatic heterocycles. The van der Waals surface area contributed by atoms with Crippen LogP contribution in [0.25, 0.3) is 0 Å². The van der Waals surface area contributed by atoms with Crippen molar-refractivity contribution in [1.29, 1.82) is 0 Å². The molecule has 0 saturated carbocycles. The number of ether oxygens (including phenoxy) is 2. The highest BCUT2D eigenvalue weighted by Gasteiger charge is 2.45. The average Bonchev–Trinajstić information content (AvgIpc) is 2.90. The number of hydroxylamine groups is 2. The summed E-state index contributed by atoms with van der Waals surface area (Å²) in [7, 11) is 1.80. The Labute approximate surface area is 150 Å². The van der Waals surface area contributed by atoms with Gasteiger partial charge in [0.2, 0.25) is 0 Å². The molecule has 0 aliphatic carbocycles. The molecule has 148 valence electrons. The molecule has 2 heterocycles. The minimum atomic E-state index is -1.13. The maximum Gasteiger partial charge on any atom is 0.330 e. The van der Waals surface area contributed by atoms with Crippen LogP contribution in [0.15, 0.2) is 15.8 Å². The summed E-state index contributed by atoms with van der Waals surface area (Å²) in [5.41, 5.74) is -0.859. The molecule has 2 rings (SSSR count). The van der Waals surface area contributed by atoms with Crippen LogP contribution >= 0.6 is 0 Å². The fourth-order valence-corrected chi connectivity index (χ4v) is 2.56. The lowest BCUT2D eigenvalue weighted by atomic mass is 10.1. The molecule has 26 heavy (non-hydrogen) atoms. The van der Waals surface area contributed by atoms with E-state index in [0.29, 0.717) is 5.56 Å². The summed E-state index contributed by atoms with van der Waals surface area (Å²) in [4.78, 5) is 31.3. The Morgan fingerprint density at radius 3 is 2.69 bits per heavy atom. The van der Waals surface area contributed by atoms with Crippen molar-refractivity contribution in [2.75, 3.05) is 26.9 Å². The predicted octanol–water partition coefficient (Wildman–Crippen LogP) is -1.25. The van der Waals surface area contributed by atoms with Gasteiger partial charge in [0.25, 0.3) is 5.56 Å². The Bertz CT molecular complexity index is 702. The SMILES string of the molecule is Cc1cn([C@@H]2O[C@H](CO)[C@@H](O)[C@H]2OCCON(C)C(C)C)c(=O)[nH]c1=O. The molecule has 0 aromatic carbocycles. The van der Waals surface area contributed by atoms with Gasteiger partial charge in [-0.1, -0.05) is 0 Å². The smallest absolute Gasteiger partial charge is 0.330 e. The quantitative estimate of drug-likeness (QED) is 0.381. The van der Waals surface area contributed by atoms with E-state index in [2.05, 4.69) is 4.98 Å². The van der Waals surface area contributed by atoms with Gasteiger partial charge in [-0.25, -0.2) is 4.79 Å². The number of aromatic amines is 1. The molecule has 1 aliphatic heterocycles. The molecule has 4 atom stereocenters. The number of hydrogen-bond acceptors (Lipinski definition) is 8. The topological polar surface area (TPSA) is 126 Å². The molecule has 10 nitrogen and oxygen atoms in total. The van der Waals surface area contributed by atoms with E-state index in [1.54, 1.807) is 19.0 Å². The number of H-pyrrole nitrogens is 1. The van der Waals surface area contributed by atoms with Crippen molar-refractivity contribution in [2.45, 2.75) is 51.4 Å². The Morgan fingerprint density at radius 1 is 1.38 bits per heavy atom. The molecule has 1 saturated heterocycles. The number of rotatable bonds is 8. The number of aromatic nitrogens is 2. The molecule has 1 fully saturated rings. The van der Waals surface area contributed by atoms with Gasteiger partial charge in [0.1, 0.15) is 18.3 Å². The van der Waals surface area contributed by atoms with Crippen molar-refractivity contribution in [3.05, 3.63) is 32.6 Å². The maximum absolute atomic E-state index is 12.1. The van der Waals surface area contributed by atoms with Crippen LogP contribution < -0.4 is 11.2 Å². The van der Waals surface area contributed by atoms with Gasteiger partial charge in [-0.05, 0) is 20.8 Å². The first-order valence-electron chi connectivity index (χ1n) is 8.50. The lowest BCUT2D eigenvalue weighted by Crippen LogP contribution is -2.40. The van der Waals surface area contributed by atoms with Crippen molar-refractivity contribution in [3.8, 4) is 0 Å². The Balaban J connectivity index is 2.12. The van der Waals surface area contributed by atoms with Crippen molar-refractivity contribution in [2.24, 2.45) is 0 Å². The second kappa shape index (κ2) is 8.89. The molecular weight excluding hydrogens is 346 g/mol. The Morgan fingerprint density at radius 2 is 2.08 bits per heavy atom. The number of hydrogen-bond donors (Lipinski definition) is 3. The van der Waals surface area contributed by atoms with E-state index in [1.165, 1.54) is 6.20 Å². The monoisotopic (exact) mass is 373 g/mol. The first-order chi connectivity index (χ1) is 12.3. The van der Waals surface area contributed by atoms with E-state index >= 15 is 0 Å². The lowest BCUT2D eigenvalue weighted by Gasteiger charge is -2.24. The minimum Gasteiger partial charge on any atom is -0.394 e. The summed E-state index contributed by atoms with van der Waals surface area (Å²) in [6.45, 7) is 5.46. The highest BCUT2D eigenvalue weighted by molar-refractivity contribution is 5.03. The largest absolute Gasteiger partial charge is 0.394 e. The summed E-state index contributed by atoms with van der Waals surface area (Å²) in [5, 5.41) is 21.4. The molecule has 10 heteroatoms. The van der Waals surface area contributed by atoms with E-state index in [-0.39, 0.29) is 19.3 Å². The maximum atomic E-state index is 12.1. The zero-order chi connectivity index (χ0) is 19.4. The van der Waals surface area contributed by atoms with Crippen molar-refractivity contribution in [3.63, 3.8) is 0 Å². The molecule has 0 unspecified atom stereocenters. The zero-order valence-corrected chi connectivity index (χ0v) is 15.4. The summed E-state index contributed by atoms with van der Waals surface area (Å²) in [6, 6.07) is 0.199. The van der Waals surface area contributed by atoms with Gasteiger partial charge >= 0.3 is 5.69 Å². The van der Waals surface area contributed by atoms with Crippen LogP contribution in [0.4, 0.5) is 0 Å². The molecule has 0 bridgehead atoms. The standard InChI is InChI=1S/C16H27N3O7/c1-9(2)18(4)25-6-5-24-13-12(21)11(8-20)26-15(13)19-7-10(3)14(22)17-16(19)23/h7,9,11-13,15,20-21H,5-6,8H2,1-4H3,(H,17,22,23)/t11-,12-,13-,15-/m1/s1.